The summed E-state index contributed by atoms with van der Waals surface area (Å²) in [5, 5.41) is 11.2. The van der Waals surface area contributed by atoms with Crippen LogP contribution in [-0.2, 0) is 0 Å². The highest BCUT2D eigenvalue weighted by molar-refractivity contribution is 8.01. The lowest BCUT2D eigenvalue weighted by molar-refractivity contribution is 0.187. The third-order valence-electron chi connectivity index (χ3n) is 0.292. The minimum atomic E-state index is -0.360. The summed E-state index contributed by atoms with van der Waals surface area (Å²) in [7, 11) is 3.03. The van der Waals surface area contributed by atoms with Crippen molar-refractivity contribution in [2.75, 3.05) is 0 Å². The molecule has 38 valence electrons. The highest BCUT2D eigenvalue weighted by atomic mass is 32.0. The lowest BCUT2D eigenvalue weighted by Gasteiger charge is -1.99. The van der Waals surface area contributed by atoms with E-state index < -0.39 is 0 Å². The van der Waals surface area contributed by atoms with Gasteiger partial charge in [0, 0.05) is 0 Å². The van der Waals surface area contributed by atoms with Crippen molar-refractivity contribution >= 4 is 17.3 Å². The van der Waals surface area contributed by atoms with Crippen LogP contribution in [0.25, 0.3) is 0 Å². The Balaban J connectivity index is 2.63. The number of nitrogens with one attached hydrogen (secondary N) is 1. The molecule has 2 nitrogen and oxygen atoms in total. The molecule has 0 bridgehead atoms. The molecular weight excluding hydrogens is 116 g/mol. The van der Waals surface area contributed by atoms with E-state index in [1.54, 1.807) is 6.92 Å². The summed E-state index contributed by atoms with van der Waals surface area (Å²) < 4.78 is 0. The topological polar surface area (TPSA) is 32.3 Å². The van der Waals surface area contributed by atoms with Crippen molar-refractivity contribution < 1.29 is 5.11 Å². The summed E-state index contributed by atoms with van der Waals surface area (Å²) in [5.74, 6) is 0. The highest BCUT2D eigenvalue weighted by Crippen LogP contribution is 2.13. The van der Waals surface area contributed by atoms with Crippen molar-refractivity contribution in [1.29, 1.82) is 0 Å². The van der Waals surface area contributed by atoms with Gasteiger partial charge < -0.3 is 5.11 Å². The van der Waals surface area contributed by atoms with Crippen molar-refractivity contribution in [2.45, 2.75) is 13.2 Å². The van der Waals surface area contributed by atoms with Gasteiger partial charge in [-0.15, -0.1) is 0 Å². The van der Waals surface area contributed by atoms with E-state index in [2.05, 4.69) is 14.0 Å². The Hall–Kier alpha value is 0.780. The zero-order chi connectivity index (χ0) is 4.99. The molecule has 0 aliphatic heterocycles. The van der Waals surface area contributed by atoms with Gasteiger partial charge in [0.25, 0.3) is 0 Å². The van der Waals surface area contributed by atoms with Gasteiger partial charge in [-0.3, -0.25) is 5.09 Å². The van der Waals surface area contributed by atoms with Gasteiger partial charge in [0.1, 0.15) is 6.23 Å². The van der Waals surface area contributed by atoms with Crippen molar-refractivity contribution in [3.05, 3.63) is 0 Å². The number of hydrogen-bond donors (Lipinski definition) is 2. The molecule has 0 aromatic carbocycles. The van der Waals surface area contributed by atoms with Crippen LogP contribution in [0.3, 0.4) is 0 Å². The van der Waals surface area contributed by atoms with Gasteiger partial charge in [-0.05, 0) is 15.3 Å². The summed E-state index contributed by atoms with van der Waals surface area (Å²) in [6.07, 6.45) is -0.360. The van der Waals surface area contributed by atoms with Gasteiger partial charge in [0.05, 0.1) is 0 Å². The minimum absolute atomic E-state index is 0.360. The summed E-state index contributed by atoms with van der Waals surface area (Å²) in [5.41, 5.74) is 0. The van der Waals surface area contributed by atoms with Gasteiger partial charge in [-0.2, -0.15) is 0 Å². The van der Waals surface area contributed by atoms with Crippen LogP contribution in [0.2, 0.25) is 0 Å². The average molecular weight is 125 g/mol. The van der Waals surface area contributed by atoms with Crippen molar-refractivity contribution in [1.82, 2.24) is 5.09 Å². The van der Waals surface area contributed by atoms with Crippen LogP contribution in [0.1, 0.15) is 6.92 Å². The van der Waals surface area contributed by atoms with Crippen LogP contribution >= 0.6 is 17.3 Å². The van der Waals surface area contributed by atoms with E-state index in [0.29, 0.717) is 8.42 Å². The molecule has 0 fully saturated rings. The second-order valence-corrected chi connectivity index (χ2v) is 2.41. The summed E-state index contributed by atoms with van der Waals surface area (Å²) in [6.45, 7) is 1.69. The van der Waals surface area contributed by atoms with Crippen LogP contribution in [0, 0.1) is 0 Å². The standard InChI is InChI=1S/C2H9NOP2/c1-2(4)3-6-5/h2-4,6H,5H2,1H3. The number of aliphatic hydroxyl groups excluding tert-OH is 1. The van der Waals surface area contributed by atoms with Crippen LogP contribution in [-0.4, -0.2) is 11.3 Å². The molecule has 0 rings (SSSR count). The van der Waals surface area contributed by atoms with Gasteiger partial charge in [-0.1, -0.05) is 8.93 Å². The first kappa shape index (κ1) is 6.78. The molecular formula is C2H9NOP2. The largest absolute Gasteiger partial charge is 0.379 e. The normalized spacial score (nSPS) is 16.5. The predicted molar refractivity (Wildman–Crippen MR) is 32.8 cm³/mol. The molecule has 0 heterocycles. The van der Waals surface area contributed by atoms with E-state index in [4.69, 9.17) is 5.11 Å². The van der Waals surface area contributed by atoms with E-state index in [-0.39, 0.29) is 6.23 Å². The number of aliphatic hydroxyl groups is 1. The number of rotatable bonds is 2. The van der Waals surface area contributed by atoms with E-state index in [9.17, 15) is 0 Å². The maximum atomic E-state index is 8.43. The van der Waals surface area contributed by atoms with E-state index >= 15 is 0 Å². The van der Waals surface area contributed by atoms with Gasteiger partial charge >= 0.3 is 0 Å². The summed E-state index contributed by atoms with van der Waals surface area (Å²) in [6, 6.07) is 0. The lowest BCUT2D eigenvalue weighted by Crippen LogP contribution is -2.14. The molecule has 3 atom stereocenters. The SMILES string of the molecule is CC(O)NPP. The fourth-order valence-electron chi connectivity index (χ4n) is 0.121. The molecule has 0 aliphatic carbocycles. The fraction of sp³-hybridized carbons (Fsp3) is 1.00. The Morgan fingerprint density at radius 3 is 2.50 bits per heavy atom. The Bertz CT molecular complexity index is 32.7. The molecule has 0 saturated carbocycles. The van der Waals surface area contributed by atoms with Crippen LogP contribution in [0.5, 0.6) is 0 Å². The van der Waals surface area contributed by atoms with Crippen molar-refractivity contribution in [3.8, 4) is 0 Å². The van der Waals surface area contributed by atoms with Gasteiger partial charge in [-0.25, -0.2) is 0 Å². The molecule has 0 spiro atoms. The molecule has 0 amide bonds. The lowest BCUT2D eigenvalue weighted by atomic mass is 10.7. The monoisotopic (exact) mass is 125 g/mol. The van der Waals surface area contributed by atoms with Crippen LogP contribution in [0.4, 0.5) is 0 Å². The molecule has 3 unspecified atom stereocenters. The smallest absolute Gasteiger partial charge is 0.105 e. The Kier molecular flexibility index (Phi) is 4.47. The number of hydrogen-bond acceptors (Lipinski definition) is 2. The van der Waals surface area contributed by atoms with Crippen molar-refractivity contribution in [2.24, 2.45) is 0 Å². The van der Waals surface area contributed by atoms with Gasteiger partial charge in [0.2, 0.25) is 0 Å². The first-order valence-corrected chi connectivity index (χ1v) is 4.47. The second kappa shape index (κ2) is 3.95. The Labute approximate surface area is 41.6 Å². The molecule has 0 aromatic heterocycles. The molecule has 2 N–H and O–H groups in total. The maximum Gasteiger partial charge on any atom is 0.105 e. The molecule has 0 aromatic rings. The minimum Gasteiger partial charge on any atom is -0.379 e. The van der Waals surface area contributed by atoms with E-state index in [1.165, 1.54) is 0 Å². The molecule has 4 heteroatoms. The predicted octanol–water partition coefficient (Wildman–Crippen LogP) is 0.298. The van der Waals surface area contributed by atoms with Crippen LogP contribution in [0.15, 0.2) is 0 Å². The summed E-state index contributed by atoms with van der Waals surface area (Å²) >= 11 is 0. The van der Waals surface area contributed by atoms with E-state index in [1.807, 2.05) is 0 Å². The van der Waals surface area contributed by atoms with E-state index in [0.717, 1.165) is 0 Å². The Morgan fingerprint density at radius 2 is 2.50 bits per heavy atom. The van der Waals surface area contributed by atoms with Gasteiger partial charge in [0.15, 0.2) is 0 Å². The first-order chi connectivity index (χ1) is 2.77. The highest BCUT2D eigenvalue weighted by Gasteiger charge is 1.83. The molecule has 0 radical (unpaired) electrons. The summed E-state index contributed by atoms with van der Waals surface area (Å²) in [4.78, 5) is 0. The zero-order valence-corrected chi connectivity index (χ0v) is 5.76. The third kappa shape index (κ3) is 4.78. The third-order valence-corrected chi connectivity index (χ3v) is 1.38. The second-order valence-electron chi connectivity index (χ2n) is 0.965. The maximum absolute atomic E-state index is 8.43. The zero-order valence-electron chi connectivity index (χ0n) is 3.60. The molecule has 0 aliphatic rings. The van der Waals surface area contributed by atoms with Crippen molar-refractivity contribution in [3.63, 3.8) is 0 Å². The molecule has 6 heavy (non-hydrogen) atoms. The quantitative estimate of drug-likeness (QED) is 0.411. The van der Waals surface area contributed by atoms with Crippen LogP contribution < -0.4 is 5.09 Å². The fourth-order valence-corrected chi connectivity index (χ4v) is 1.09. The first-order valence-electron chi connectivity index (χ1n) is 1.66. The molecule has 0 saturated heterocycles. The Morgan fingerprint density at radius 1 is 2.00 bits per heavy atom. The average Bonchev–Trinajstić information content (AvgIpc) is 1.35.